The van der Waals surface area contributed by atoms with Crippen LogP contribution in [0.15, 0.2) is 23.8 Å². The highest BCUT2D eigenvalue weighted by atomic mass is 32.3. The van der Waals surface area contributed by atoms with E-state index in [2.05, 4.69) is 40.3 Å². The predicted molar refractivity (Wildman–Crippen MR) is 147 cm³/mol. The van der Waals surface area contributed by atoms with Crippen LogP contribution in [0.3, 0.4) is 0 Å². The van der Waals surface area contributed by atoms with E-state index in [0.717, 1.165) is 56.1 Å². The highest BCUT2D eigenvalue weighted by Crippen LogP contribution is 2.67. The predicted octanol–water partition coefficient (Wildman–Crippen LogP) is 5.15. The van der Waals surface area contributed by atoms with Crippen LogP contribution in [0, 0.1) is 46.3 Å². The van der Waals surface area contributed by atoms with Crippen LogP contribution in [0.5, 0.6) is 0 Å². The molecule has 0 heterocycles. The molecular weight excluding hydrogens is 544 g/mol. The minimum absolute atomic E-state index is 0.000819. The first-order valence-electron chi connectivity index (χ1n) is 14.3. The van der Waals surface area contributed by atoms with Crippen molar-refractivity contribution in [3.05, 3.63) is 23.8 Å². The van der Waals surface area contributed by atoms with E-state index in [4.69, 9.17) is 8.37 Å². The highest BCUT2D eigenvalue weighted by Gasteiger charge is 2.60. The molecule has 4 aliphatic rings. The maximum absolute atomic E-state index is 11.5. The lowest BCUT2D eigenvalue weighted by Crippen LogP contribution is -2.54. The van der Waals surface area contributed by atoms with Crippen LogP contribution in [-0.2, 0) is 29.2 Å². The van der Waals surface area contributed by atoms with Crippen LogP contribution in [0.4, 0.5) is 0 Å². The molecule has 4 aliphatic carbocycles. The summed E-state index contributed by atoms with van der Waals surface area (Å²) in [4.78, 5) is 0. The lowest BCUT2D eigenvalue weighted by Gasteiger charge is -2.59. The smallest absolute Gasteiger partial charge is 0.386 e. The van der Waals surface area contributed by atoms with Crippen molar-refractivity contribution in [1.82, 2.24) is 0 Å². The fourth-order valence-electron chi connectivity index (χ4n) is 9.01. The molecule has 0 spiro atoms. The summed E-state index contributed by atoms with van der Waals surface area (Å²) in [6.45, 7) is 12.9. The Morgan fingerprint density at radius 1 is 1.05 bits per heavy atom. The Hall–Kier alpha value is -0.820. The Morgan fingerprint density at radius 2 is 1.74 bits per heavy atom. The minimum atomic E-state index is -4.66. The summed E-state index contributed by atoms with van der Waals surface area (Å²) in [5.41, 5.74) is 1.68. The average molecular weight is 591 g/mol. The van der Waals surface area contributed by atoms with Gasteiger partial charge in [-0.25, -0.2) is 8.37 Å². The maximum Gasteiger partial charge on any atom is 0.397 e. The van der Waals surface area contributed by atoms with Crippen LogP contribution in [0.1, 0.15) is 85.5 Å². The minimum Gasteiger partial charge on any atom is -0.386 e. The molecule has 11 heteroatoms. The molecule has 9 atom stereocenters. The number of hydrogen-bond acceptors (Lipinski definition) is 7. The van der Waals surface area contributed by atoms with Crippen molar-refractivity contribution in [1.29, 1.82) is 0 Å². The van der Waals surface area contributed by atoms with Crippen molar-refractivity contribution in [2.75, 3.05) is 6.61 Å². The van der Waals surface area contributed by atoms with Crippen LogP contribution in [0.25, 0.3) is 0 Å². The molecule has 3 fully saturated rings. The number of aliphatic hydroxyl groups excluding tert-OH is 1. The molecule has 0 bridgehead atoms. The molecule has 39 heavy (non-hydrogen) atoms. The van der Waals surface area contributed by atoms with E-state index in [-0.39, 0.29) is 29.3 Å². The molecule has 0 radical (unpaired) electrons. The van der Waals surface area contributed by atoms with Gasteiger partial charge in [-0.05, 0) is 110 Å². The Balaban J connectivity index is 1.56. The van der Waals surface area contributed by atoms with E-state index in [0.29, 0.717) is 36.5 Å². The third-order valence-corrected chi connectivity index (χ3v) is 12.0. The topological polar surface area (TPSA) is 147 Å². The zero-order valence-electron chi connectivity index (χ0n) is 23.6. The molecule has 0 aromatic carbocycles. The molecular formula is C28H46O9S2. The second-order valence-corrected chi connectivity index (χ2v) is 15.4. The fourth-order valence-corrected chi connectivity index (χ4v) is 9.87. The number of fused-ring (bicyclic) bond motifs is 5. The normalized spacial score (nSPS) is 39.4. The molecule has 4 rings (SSSR count). The van der Waals surface area contributed by atoms with Gasteiger partial charge in [0.25, 0.3) is 0 Å². The average Bonchev–Trinajstić information content (AvgIpc) is 3.16. The Labute approximate surface area is 234 Å². The quantitative estimate of drug-likeness (QED) is 0.232. The van der Waals surface area contributed by atoms with Gasteiger partial charge in [0.05, 0.1) is 6.61 Å². The Kier molecular flexibility index (Phi) is 8.87. The first kappa shape index (κ1) is 31.1. The van der Waals surface area contributed by atoms with Crippen molar-refractivity contribution in [3.8, 4) is 0 Å². The molecule has 224 valence electrons. The Bertz CT molecular complexity index is 1180. The van der Waals surface area contributed by atoms with Crippen molar-refractivity contribution in [2.24, 2.45) is 46.3 Å². The fraction of sp³-hybridized carbons (Fsp3) is 0.857. The van der Waals surface area contributed by atoms with E-state index in [9.17, 15) is 31.0 Å². The molecule has 0 aromatic rings. The van der Waals surface area contributed by atoms with Crippen LogP contribution in [-0.4, -0.2) is 49.9 Å². The first-order chi connectivity index (χ1) is 18.0. The van der Waals surface area contributed by atoms with E-state index in [1.807, 2.05) is 0 Å². The van der Waals surface area contributed by atoms with E-state index >= 15 is 0 Å². The van der Waals surface area contributed by atoms with Gasteiger partial charge in [-0.15, -0.1) is 0 Å². The van der Waals surface area contributed by atoms with Gasteiger partial charge in [0.15, 0.2) is 0 Å². The highest BCUT2D eigenvalue weighted by molar-refractivity contribution is 7.81. The van der Waals surface area contributed by atoms with Gasteiger partial charge in [0.2, 0.25) is 0 Å². The number of allylic oxidation sites excluding steroid dienone is 2. The van der Waals surface area contributed by atoms with Crippen LogP contribution < -0.4 is 0 Å². The summed E-state index contributed by atoms with van der Waals surface area (Å²) in [7, 11) is -9.19. The van der Waals surface area contributed by atoms with Crippen LogP contribution >= 0.6 is 0 Å². The monoisotopic (exact) mass is 590 g/mol. The van der Waals surface area contributed by atoms with Crippen molar-refractivity contribution < 1.29 is 39.4 Å². The molecule has 3 N–H and O–H groups in total. The summed E-state index contributed by atoms with van der Waals surface area (Å²) in [6.07, 6.45) is 7.31. The van der Waals surface area contributed by atoms with Gasteiger partial charge in [-0.2, -0.15) is 16.8 Å². The molecule has 0 aromatic heterocycles. The summed E-state index contributed by atoms with van der Waals surface area (Å²) < 4.78 is 73.8. The van der Waals surface area contributed by atoms with Gasteiger partial charge in [-0.3, -0.25) is 9.11 Å². The lowest BCUT2D eigenvalue weighted by atomic mass is 9.46. The molecule has 2 unspecified atom stereocenters. The third-order valence-electron chi connectivity index (χ3n) is 11.1. The van der Waals surface area contributed by atoms with Gasteiger partial charge in [0.1, 0.15) is 12.2 Å². The number of rotatable bonds is 10. The molecule has 0 aliphatic heterocycles. The third kappa shape index (κ3) is 6.34. The van der Waals surface area contributed by atoms with Gasteiger partial charge < -0.3 is 5.11 Å². The second-order valence-electron chi connectivity index (χ2n) is 13.3. The van der Waals surface area contributed by atoms with Crippen molar-refractivity contribution >= 4 is 20.8 Å². The summed E-state index contributed by atoms with van der Waals surface area (Å²) >= 11 is 0. The standard InChI is InChI=1S/C28H46O9S2/c1-17(2)18(3)6-7-19(16-36-38(30,31)32)21-10-11-22-20-8-9-24-26(29)25(37-39(33,34)35)13-15-28(24,5)23(20)12-14-27(21,22)4/h9,17,19-23,25-26,29H,3,6-8,10-16H2,1-2,4-5H3,(H,30,31,32)(H,33,34,35)/t19-,20-,21+,22-,23-,25?,26?,27+,28+/m0/s1. The van der Waals surface area contributed by atoms with E-state index < -0.39 is 33.0 Å². The van der Waals surface area contributed by atoms with E-state index in [1.54, 1.807) is 0 Å². The van der Waals surface area contributed by atoms with Gasteiger partial charge in [-0.1, -0.05) is 45.9 Å². The first-order valence-corrected chi connectivity index (χ1v) is 17.0. The van der Waals surface area contributed by atoms with Gasteiger partial charge in [0, 0.05) is 0 Å². The Morgan fingerprint density at radius 3 is 2.36 bits per heavy atom. The molecule has 0 amide bonds. The maximum atomic E-state index is 11.5. The molecule has 0 saturated heterocycles. The van der Waals surface area contributed by atoms with E-state index in [1.165, 1.54) is 0 Å². The molecule has 9 nitrogen and oxygen atoms in total. The van der Waals surface area contributed by atoms with Gasteiger partial charge >= 0.3 is 20.8 Å². The zero-order chi connectivity index (χ0) is 29.0. The summed E-state index contributed by atoms with van der Waals surface area (Å²) in [5, 5.41) is 11.0. The number of aliphatic hydroxyl groups is 1. The summed E-state index contributed by atoms with van der Waals surface area (Å²) in [5.74, 6) is 1.75. The van der Waals surface area contributed by atoms with Crippen LogP contribution in [0.2, 0.25) is 0 Å². The zero-order valence-corrected chi connectivity index (χ0v) is 25.2. The largest absolute Gasteiger partial charge is 0.397 e. The van der Waals surface area contributed by atoms with Crippen molar-refractivity contribution in [2.45, 2.75) is 97.7 Å². The van der Waals surface area contributed by atoms with Crippen molar-refractivity contribution in [3.63, 3.8) is 0 Å². The lowest BCUT2D eigenvalue weighted by molar-refractivity contribution is -0.0787. The number of hydrogen-bond donors (Lipinski definition) is 3. The second kappa shape index (κ2) is 11.1. The molecule has 3 saturated carbocycles. The SMILES string of the molecule is C=C(CC[C@@H](COS(=O)(=O)O)[C@H]1CC[C@H]2[C@@H]3CC=C4C(O)C(OS(=O)(=O)O)CC[C@]4(C)[C@H]3CC[C@]12C)C(C)C. The summed E-state index contributed by atoms with van der Waals surface area (Å²) in [6, 6.07) is 0.